The number of benzene rings is 1. The molecule has 18 heavy (non-hydrogen) atoms. The molecule has 0 fully saturated rings. The van der Waals surface area contributed by atoms with E-state index in [-0.39, 0.29) is 12.1 Å². The van der Waals surface area contributed by atoms with Crippen LogP contribution in [0.15, 0.2) is 24.3 Å². The van der Waals surface area contributed by atoms with Crippen molar-refractivity contribution in [1.29, 1.82) is 0 Å². The first-order chi connectivity index (χ1) is 8.32. The summed E-state index contributed by atoms with van der Waals surface area (Å²) in [6.45, 7) is 1.91. The Morgan fingerprint density at radius 3 is 2.22 bits per heavy atom. The molecule has 2 atom stereocenters. The fraction of sp³-hybridized carbons (Fsp3) is 0.538. The molecule has 0 saturated heterocycles. The van der Waals surface area contributed by atoms with Crippen molar-refractivity contribution in [2.45, 2.75) is 38.1 Å². The number of nitrogens with two attached hydrogens (primary N) is 1. The SMILES string of the molecule is COC(C)CC(N)Cc1ccc(C(F)(F)F)cc1. The third-order valence-corrected chi connectivity index (χ3v) is 2.82. The number of hydrogen-bond donors (Lipinski definition) is 1. The second-order valence-corrected chi connectivity index (χ2v) is 4.44. The lowest BCUT2D eigenvalue weighted by atomic mass is 10.0. The van der Waals surface area contributed by atoms with Gasteiger partial charge in [0.15, 0.2) is 0 Å². The van der Waals surface area contributed by atoms with Crippen LogP contribution in [0.5, 0.6) is 0 Å². The average molecular weight is 261 g/mol. The maximum atomic E-state index is 12.4. The summed E-state index contributed by atoms with van der Waals surface area (Å²) in [6, 6.07) is 5.00. The van der Waals surface area contributed by atoms with Crippen molar-refractivity contribution in [2.75, 3.05) is 7.11 Å². The van der Waals surface area contributed by atoms with Crippen LogP contribution >= 0.6 is 0 Å². The molecule has 1 aromatic carbocycles. The number of methoxy groups -OCH3 is 1. The van der Waals surface area contributed by atoms with Gasteiger partial charge in [-0.3, -0.25) is 0 Å². The van der Waals surface area contributed by atoms with Crippen LogP contribution < -0.4 is 5.73 Å². The quantitative estimate of drug-likeness (QED) is 0.884. The molecule has 1 rings (SSSR count). The lowest BCUT2D eigenvalue weighted by Crippen LogP contribution is -2.27. The summed E-state index contributed by atoms with van der Waals surface area (Å²) in [7, 11) is 1.61. The van der Waals surface area contributed by atoms with E-state index in [2.05, 4.69) is 0 Å². The van der Waals surface area contributed by atoms with E-state index in [4.69, 9.17) is 10.5 Å². The summed E-state index contributed by atoms with van der Waals surface area (Å²) in [5.74, 6) is 0. The highest BCUT2D eigenvalue weighted by Crippen LogP contribution is 2.29. The molecular formula is C13H18F3NO. The Morgan fingerprint density at radius 2 is 1.78 bits per heavy atom. The fourth-order valence-electron chi connectivity index (χ4n) is 1.74. The van der Waals surface area contributed by atoms with E-state index in [9.17, 15) is 13.2 Å². The molecule has 0 saturated carbocycles. The number of halogens is 3. The Hall–Kier alpha value is -1.07. The number of alkyl halides is 3. The van der Waals surface area contributed by atoms with Gasteiger partial charge in [-0.2, -0.15) is 13.2 Å². The Morgan fingerprint density at radius 1 is 1.22 bits per heavy atom. The van der Waals surface area contributed by atoms with E-state index in [0.29, 0.717) is 12.8 Å². The Bertz CT molecular complexity index is 361. The van der Waals surface area contributed by atoms with Crippen molar-refractivity contribution >= 4 is 0 Å². The maximum absolute atomic E-state index is 12.4. The van der Waals surface area contributed by atoms with Crippen LogP contribution in [0.25, 0.3) is 0 Å². The summed E-state index contributed by atoms with van der Waals surface area (Å²) < 4.78 is 42.2. The summed E-state index contributed by atoms with van der Waals surface area (Å²) in [4.78, 5) is 0. The van der Waals surface area contributed by atoms with Crippen molar-refractivity contribution in [1.82, 2.24) is 0 Å². The van der Waals surface area contributed by atoms with Crippen molar-refractivity contribution in [3.8, 4) is 0 Å². The van der Waals surface area contributed by atoms with Crippen LogP contribution in [0.1, 0.15) is 24.5 Å². The molecule has 0 heterocycles. The zero-order valence-corrected chi connectivity index (χ0v) is 10.5. The van der Waals surface area contributed by atoms with Crippen LogP contribution in [0.2, 0.25) is 0 Å². The monoisotopic (exact) mass is 261 g/mol. The van der Waals surface area contributed by atoms with Gasteiger partial charge >= 0.3 is 6.18 Å². The molecule has 2 unspecified atom stereocenters. The van der Waals surface area contributed by atoms with E-state index < -0.39 is 11.7 Å². The third kappa shape index (κ3) is 4.66. The predicted molar refractivity (Wildman–Crippen MR) is 64.2 cm³/mol. The summed E-state index contributed by atoms with van der Waals surface area (Å²) in [6.07, 6.45) is -3.01. The third-order valence-electron chi connectivity index (χ3n) is 2.82. The molecule has 5 heteroatoms. The zero-order chi connectivity index (χ0) is 13.8. The molecule has 0 spiro atoms. The molecule has 0 amide bonds. The minimum atomic E-state index is -4.29. The second kappa shape index (κ2) is 6.20. The van der Waals surface area contributed by atoms with Crippen molar-refractivity contribution in [2.24, 2.45) is 5.73 Å². The Labute approximate surface area is 105 Å². The first kappa shape index (κ1) is 15.0. The zero-order valence-electron chi connectivity index (χ0n) is 10.5. The summed E-state index contributed by atoms with van der Waals surface area (Å²) >= 11 is 0. The highest BCUT2D eigenvalue weighted by molar-refractivity contribution is 5.25. The minimum absolute atomic E-state index is 0.0504. The first-order valence-corrected chi connectivity index (χ1v) is 5.77. The molecule has 2 nitrogen and oxygen atoms in total. The molecular weight excluding hydrogens is 243 g/mol. The van der Waals surface area contributed by atoms with Gasteiger partial charge in [0.1, 0.15) is 0 Å². The Kier molecular flexibility index (Phi) is 5.16. The van der Waals surface area contributed by atoms with Crippen LogP contribution in [0.3, 0.4) is 0 Å². The lowest BCUT2D eigenvalue weighted by molar-refractivity contribution is -0.137. The maximum Gasteiger partial charge on any atom is 0.416 e. The topological polar surface area (TPSA) is 35.2 Å². The molecule has 0 aromatic heterocycles. The lowest BCUT2D eigenvalue weighted by Gasteiger charge is -2.16. The van der Waals surface area contributed by atoms with Crippen molar-refractivity contribution < 1.29 is 17.9 Å². The molecule has 0 aliphatic carbocycles. The second-order valence-electron chi connectivity index (χ2n) is 4.44. The van der Waals surface area contributed by atoms with Gasteiger partial charge in [-0.25, -0.2) is 0 Å². The van der Waals surface area contributed by atoms with Gasteiger partial charge in [0.05, 0.1) is 11.7 Å². The van der Waals surface area contributed by atoms with Crippen LogP contribution in [0, 0.1) is 0 Å². The van der Waals surface area contributed by atoms with Gasteiger partial charge in [0.25, 0.3) is 0 Å². The standard InChI is InChI=1S/C13H18F3NO/c1-9(18-2)7-12(17)8-10-3-5-11(6-4-10)13(14,15)16/h3-6,9,12H,7-8,17H2,1-2H3. The molecule has 0 bridgehead atoms. The van der Waals surface area contributed by atoms with E-state index in [1.54, 1.807) is 7.11 Å². The first-order valence-electron chi connectivity index (χ1n) is 5.77. The minimum Gasteiger partial charge on any atom is -0.382 e. The van der Waals surface area contributed by atoms with Gasteiger partial charge in [-0.1, -0.05) is 12.1 Å². The molecule has 0 aliphatic heterocycles. The highest BCUT2D eigenvalue weighted by Gasteiger charge is 2.29. The van der Waals surface area contributed by atoms with Crippen LogP contribution in [-0.2, 0) is 17.3 Å². The Balaban J connectivity index is 2.58. The normalized spacial score (nSPS) is 15.4. The summed E-state index contributed by atoms with van der Waals surface area (Å²) in [5, 5.41) is 0. The smallest absolute Gasteiger partial charge is 0.382 e. The van der Waals surface area contributed by atoms with Gasteiger partial charge < -0.3 is 10.5 Å². The van der Waals surface area contributed by atoms with Crippen LogP contribution in [0.4, 0.5) is 13.2 Å². The average Bonchev–Trinajstić information content (AvgIpc) is 2.28. The molecule has 0 radical (unpaired) electrons. The van der Waals surface area contributed by atoms with E-state index in [0.717, 1.165) is 17.7 Å². The molecule has 0 aliphatic rings. The fourth-order valence-corrected chi connectivity index (χ4v) is 1.74. The van der Waals surface area contributed by atoms with Gasteiger partial charge in [-0.15, -0.1) is 0 Å². The van der Waals surface area contributed by atoms with E-state index in [1.807, 2.05) is 6.92 Å². The summed E-state index contributed by atoms with van der Waals surface area (Å²) in [5.41, 5.74) is 6.07. The van der Waals surface area contributed by atoms with E-state index >= 15 is 0 Å². The predicted octanol–water partition coefficient (Wildman–Crippen LogP) is 3.00. The van der Waals surface area contributed by atoms with Gasteiger partial charge in [0, 0.05) is 13.2 Å². The van der Waals surface area contributed by atoms with Crippen molar-refractivity contribution in [3.05, 3.63) is 35.4 Å². The number of hydrogen-bond acceptors (Lipinski definition) is 2. The molecule has 1 aromatic rings. The highest BCUT2D eigenvalue weighted by atomic mass is 19.4. The van der Waals surface area contributed by atoms with Crippen molar-refractivity contribution in [3.63, 3.8) is 0 Å². The van der Waals surface area contributed by atoms with Gasteiger partial charge in [0.2, 0.25) is 0 Å². The largest absolute Gasteiger partial charge is 0.416 e. The van der Waals surface area contributed by atoms with Crippen LogP contribution in [-0.4, -0.2) is 19.3 Å². The van der Waals surface area contributed by atoms with E-state index in [1.165, 1.54) is 12.1 Å². The van der Waals surface area contributed by atoms with Gasteiger partial charge in [-0.05, 0) is 37.5 Å². The number of rotatable bonds is 5. The molecule has 2 N–H and O–H groups in total. The molecule has 102 valence electrons. The number of ether oxygens (including phenoxy) is 1.